The molecule has 216 valence electrons. The number of phenols is 1. The number of hydrogen-bond donors (Lipinski definition) is 4. The fourth-order valence-electron chi connectivity index (χ4n) is 4.81. The first-order chi connectivity index (χ1) is 19.5. The molecule has 11 heteroatoms. The van der Waals surface area contributed by atoms with Crippen molar-refractivity contribution in [2.75, 3.05) is 6.54 Å². The van der Waals surface area contributed by atoms with Crippen molar-refractivity contribution in [3.05, 3.63) is 101 Å². The highest BCUT2D eigenvalue weighted by molar-refractivity contribution is 5.97. The highest BCUT2D eigenvalue weighted by Crippen LogP contribution is 2.24. The molecule has 3 aromatic carbocycles. The summed E-state index contributed by atoms with van der Waals surface area (Å²) in [6.07, 6.45) is -3.72. The number of rotatable bonds is 9. The van der Waals surface area contributed by atoms with Crippen molar-refractivity contribution >= 4 is 17.7 Å². The van der Waals surface area contributed by atoms with E-state index in [-0.39, 0.29) is 36.3 Å². The van der Waals surface area contributed by atoms with Gasteiger partial charge in [0.15, 0.2) is 6.10 Å². The maximum absolute atomic E-state index is 14.5. The Morgan fingerprint density at radius 3 is 2.49 bits per heavy atom. The summed E-state index contributed by atoms with van der Waals surface area (Å²) >= 11 is 0. The van der Waals surface area contributed by atoms with E-state index in [1.807, 2.05) is 0 Å². The molecule has 0 aromatic heterocycles. The van der Waals surface area contributed by atoms with Crippen molar-refractivity contribution in [2.45, 2.75) is 50.7 Å². The number of carbonyl (C=O) groups excluding carboxylic acids is 3. The van der Waals surface area contributed by atoms with Gasteiger partial charge in [-0.15, -0.1) is 0 Å². The number of carbonyl (C=O) groups is 3. The first-order valence-corrected chi connectivity index (χ1v) is 13.0. The lowest BCUT2D eigenvalue weighted by atomic mass is 9.98. The van der Waals surface area contributed by atoms with Gasteiger partial charge in [0.05, 0.1) is 12.6 Å². The SMILES string of the molecule is Cc1c(O)cccc1C(=O)N[C@@H](Cc1ccccc1)C(O)C(=O)N1C[C@H](F)C[C@H]1C(=O)NCc1ccc(F)cc1F. The standard InChI is InChI=1S/C30H30F3N3O5/c1-17-22(8-5-9-26(17)37)28(39)35-24(12-18-6-3-2-4-7-18)27(38)30(41)36-16-21(32)14-25(36)29(40)34-15-19-10-11-20(31)13-23(19)33/h2-11,13,21,24-25,27,37-38H,12,14-16H2,1H3,(H,34,40)(H,35,39)/t21-,24+,25+,27?/m1/s1. The van der Waals surface area contributed by atoms with E-state index in [1.165, 1.54) is 18.2 Å². The fourth-order valence-corrected chi connectivity index (χ4v) is 4.81. The molecule has 0 aliphatic carbocycles. The van der Waals surface area contributed by atoms with Crippen molar-refractivity contribution in [1.29, 1.82) is 0 Å². The van der Waals surface area contributed by atoms with Gasteiger partial charge in [0.25, 0.3) is 11.8 Å². The number of phenolic OH excluding ortho intramolecular Hbond substituents is 1. The van der Waals surface area contributed by atoms with Crippen molar-refractivity contribution in [2.24, 2.45) is 0 Å². The largest absolute Gasteiger partial charge is 0.508 e. The Hall–Kier alpha value is -4.38. The third kappa shape index (κ3) is 7.04. The number of amides is 3. The zero-order chi connectivity index (χ0) is 29.7. The van der Waals surface area contributed by atoms with Crippen LogP contribution >= 0.6 is 0 Å². The molecule has 1 heterocycles. The van der Waals surface area contributed by atoms with Crippen LogP contribution in [0.15, 0.2) is 66.7 Å². The van der Waals surface area contributed by atoms with Crippen molar-refractivity contribution in [3.63, 3.8) is 0 Å². The van der Waals surface area contributed by atoms with Crippen molar-refractivity contribution < 1.29 is 37.8 Å². The second-order valence-corrected chi connectivity index (χ2v) is 9.96. The monoisotopic (exact) mass is 569 g/mol. The summed E-state index contributed by atoms with van der Waals surface area (Å²) in [4.78, 5) is 40.4. The molecule has 8 nitrogen and oxygen atoms in total. The van der Waals surface area contributed by atoms with Crippen LogP contribution in [0.3, 0.4) is 0 Å². The highest BCUT2D eigenvalue weighted by Gasteiger charge is 2.43. The van der Waals surface area contributed by atoms with Gasteiger partial charge in [0.2, 0.25) is 5.91 Å². The van der Waals surface area contributed by atoms with Crippen LogP contribution in [-0.2, 0) is 22.6 Å². The van der Waals surface area contributed by atoms with E-state index in [2.05, 4.69) is 10.6 Å². The Bertz CT molecular complexity index is 1420. The number of aliphatic hydroxyl groups excluding tert-OH is 1. The molecule has 3 aromatic rings. The zero-order valence-electron chi connectivity index (χ0n) is 22.2. The number of nitrogens with zero attached hydrogens (tertiary/aromatic N) is 1. The third-order valence-corrected chi connectivity index (χ3v) is 7.10. The van der Waals surface area contributed by atoms with Gasteiger partial charge >= 0.3 is 0 Å². The summed E-state index contributed by atoms with van der Waals surface area (Å²) < 4.78 is 41.7. The second kappa shape index (κ2) is 12.9. The Morgan fingerprint density at radius 1 is 1.05 bits per heavy atom. The number of aliphatic hydroxyl groups is 1. The van der Waals surface area contributed by atoms with Crippen LogP contribution in [0.5, 0.6) is 5.75 Å². The number of benzene rings is 3. The summed E-state index contributed by atoms with van der Waals surface area (Å²) in [5, 5.41) is 26.3. The Balaban J connectivity index is 1.52. The minimum atomic E-state index is -1.85. The number of likely N-dealkylation sites (tertiary alicyclic amines) is 1. The van der Waals surface area contributed by atoms with Crippen LogP contribution in [-0.4, -0.2) is 63.7 Å². The quantitative estimate of drug-likeness (QED) is 0.316. The maximum atomic E-state index is 14.5. The molecule has 4 rings (SSSR count). The lowest BCUT2D eigenvalue weighted by Crippen LogP contribution is -2.55. The predicted octanol–water partition coefficient (Wildman–Crippen LogP) is 2.94. The van der Waals surface area contributed by atoms with E-state index >= 15 is 0 Å². The third-order valence-electron chi connectivity index (χ3n) is 7.10. The van der Waals surface area contributed by atoms with Crippen LogP contribution in [0.25, 0.3) is 0 Å². The van der Waals surface area contributed by atoms with Crippen LogP contribution < -0.4 is 10.6 Å². The van der Waals surface area contributed by atoms with Gasteiger partial charge in [-0.05, 0) is 37.1 Å². The normalized spacial score (nSPS) is 18.0. The van der Waals surface area contributed by atoms with E-state index in [4.69, 9.17) is 0 Å². The lowest BCUT2D eigenvalue weighted by Gasteiger charge is -2.30. The minimum Gasteiger partial charge on any atom is -0.508 e. The molecule has 4 N–H and O–H groups in total. The molecular formula is C30H30F3N3O5. The van der Waals surface area contributed by atoms with Crippen LogP contribution in [0, 0.1) is 18.6 Å². The summed E-state index contributed by atoms with van der Waals surface area (Å²) in [6, 6.07) is 13.5. The van der Waals surface area contributed by atoms with Gasteiger partial charge in [-0.1, -0.05) is 42.5 Å². The first kappa shape index (κ1) is 29.6. The molecule has 41 heavy (non-hydrogen) atoms. The molecular weight excluding hydrogens is 539 g/mol. The maximum Gasteiger partial charge on any atom is 0.254 e. The molecule has 0 radical (unpaired) electrons. The molecule has 1 aliphatic heterocycles. The number of hydrogen-bond acceptors (Lipinski definition) is 5. The average Bonchev–Trinajstić information content (AvgIpc) is 3.35. The summed E-state index contributed by atoms with van der Waals surface area (Å²) in [7, 11) is 0. The van der Waals surface area contributed by atoms with Crippen LogP contribution in [0.1, 0.15) is 33.5 Å². The van der Waals surface area contributed by atoms with Gasteiger partial charge in [-0.25, -0.2) is 13.2 Å². The topological polar surface area (TPSA) is 119 Å². The number of nitrogens with one attached hydrogen (secondary N) is 2. The fraction of sp³-hybridized carbons (Fsp3) is 0.300. The lowest BCUT2D eigenvalue weighted by molar-refractivity contribution is -0.146. The molecule has 1 fully saturated rings. The van der Waals surface area contributed by atoms with E-state index in [0.717, 1.165) is 17.0 Å². The van der Waals surface area contributed by atoms with Gasteiger partial charge < -0.3 is 25.7 Å². The molecule has 3 amide bonds. The molecule has 1 aliphatic rings. The van der Waals surface area contributed by atoms with Crippen LogP contribution in [0.2, 0.25) is 0 Å². The molecule has 1 saturated heterocycles. The van der Waals surface area contributed by atoms with Gasteiger partial charge in [0, 0.05) is 35.7 Å². The van der Waals surface area contributed by atoms with E-state index < -0.39 is 60.3 Å². The smallest absolute Gasteiger partial charge is 0.254 e. The zero-order valence-corrected chi connectivity index (χ0v) is 22.2. The molecule has 0 spiro atoms. The minimum absolute atomic E-state index is 0.000311. The van der Waals surface area contributed by atoms with Crippen molar-refractivity contribution in [3.8, 4) is 5.75 Å². The predicted molar refractivity (Wildman–Crippen MR) is 143 cm³/mol. The average molecular weight is 570 g/mol. The van der Waals surface area contributed by atoms with E-state index in [0.29, 0.717) is 17.2 Å². The molecule has 0 saturated carbocycles. The van der Waals surface area contributed by atoms with Crippen molar-refractivity contribution in [1.82, 2.24) is 15.5 Å². The molecule has 4 atom stereocenters. The highest BCUT2D eigenvalue weighted by atomic mass is 19.1. The Morgan fingerprint density at radius 2 is 1.78 bits per heavy atom. The van der Waals surface area contributed by atoms with Gasteiger partial charge in [-0.2, -0.15) is 0 Å². The van der Waals surface area contributed by atoms with Crippen LogP contribution in [0.4, 0.5) is 13.2 Å². The van der Waals surface area contributed by atoms with E-state index in [9.17, 15) is 37.8 Å². The number of aromatic hydroxyl groups is 1. The van der Waals surface area contributed by atoms with Gasteiger partial charge in [0.1, 0.15) is 29.6 Å². The van der Waals surface area contributed by atoms with Gasteiger partial charge in [-0.3, -0.25) is 14.4 Å². The molecule has 0 bridgehead atoms. The number of halogens is 3. The number of alkyl halides is 1. The first-order valence-electron chi connectivity index (χ1n) is 13.0. The second-order valence-electron chi connectivity index (χ2n) is 9.96. The Kier molecular flexibility index (Phi) is 9.28. The summed E-state index contributed by atoms with van der Waals surface area (Å²) in [5.41, 5.74) is 1.13. The van der Waals surface area contributed by atoms with E-state index in [1.54, 1.807) is 37.3 Å². The summed E-state index contributed by atoms with van der Waals surface area (Å²) in [5.74, 6) is -4.14. The molecule has 1 unspecified atom stereocenters. The summed E-state index contributed by atoms with van der Waals surface area (Å²) in [6.45, 7) is 0.764. The Labute approximate surface area is 234 Å².